The number of pyridine rings is 1. The lowest BCUT2D eigenvalue weighted by Gasteiger charge is -2.12. The van der Waals surface area contributed by atoms with Crippen LogP contribution in [0.2, 0.25) is 0 Å². The van der Waals surface area contributed by atoms with Crippen LogP contribution in [0.15, 0.2) is 47.6 Å². The number of hydrogen-bond donors (Lipinski definition) is 1. The molecule has 4 nitrogen and oxygen atoms in total. The van der Waals surface area contributed by atoms with Crippen molar-refractivity contribution in [1.29, 1.82) is 0 Å². The van der Waals surface area contributed by atoms with Gasteiger partial charge in [0.15, 0.2) is 6.20 Å². The van der Waals surface area contributed by atoms with E-state index in [2.05, 4.69) is 5.32 Å². The van der Waals surface area contributed by atoms with Gasteiger partial charge in [0.2, 0.25) is 5.91 Å². The van der Waals surface area contributed by atoms with Gasteiger partial charge in [0.05, 0.1) is 5.25 Å². The Kier molecular flexibility index (Phi) is 4.80. The quantitative estimate of drug-likeness (QED) is 0.537. The first-order chi connectivity index (χ1) is 9.97. The zero-order valence-corrected chi connectivity index (χ0v) is 12.5. The summed E-state index contributed by atoms with van der Waals surface area (Å²) in [6.45, 7) is 3.35. The molecule has 6 heteroatoms. The number of anilines is 1. The van der Waals surface area contributed by atoms with Crippen molar-refractivity contribution in [1.82, 2.24) is 0 Å². The van der Waals surface area contributed by atoms with Gasteiger partial charge in [-0.1, -0.05) is 6.07 Å². The minimum atomic E-state index is -0.475. The lowest BCUT2D eigenvalue weighted by molar-refractivity contribution is -0.645. The molecule has 0 fully saturated rings. The molecule has 1 aromatic carbocycles. The van der Waals surface area contributed by atoms with Gasteiger partial charge in [-0.05, 0) is 49.4 Å². The molecular weight excluding hydrogens is 291 g/mol. The summed E-state index contributed by atoms with van der Waals surface area (Å²) in [6.07, 6.45) is 1.38. The summed E-state index contributed by atoms with van der Waals surface area (Å²) in [5.74, 6) is -0.652. The second kappa shape index (κ2) is 6.58. The van der Waals surface area contributed by atoms with Gasteiger partial charge in [-0.2, -0.15) is 4.73 Å². The van der Waals surface area contributed by atoms with Gasteiger partial charge in [-0.25, -0.2) is 4.39 Å². The summed E-state index contributed by atoms with van der Waals surface area (Å²) >= 11 is 1.15. The highest BCUT2D eigenvalue weighted by atomic mass is 32.2. The van der Waals surface area contributed by atoms with Gasteiger partial charge in [-0.15, -0.1) is 0 Å². The molecule has 1 aromatic heterocycles. The average Bonchev–Trinajstić information content (AvgIpc) is 2.45. The van der Waals surface area contributed by atoms with E-state index in [1.54, 1.807) is 44.2 Å². The Morgan fingerprint density at radius 2 is 2.14 bits per heavy atom. The second-order valence-electron chi connectivity index (χ2n) is 4.58. The maximum Gasteiger partial charge on any atom is 0.252 e. The molecule has 0 unspecified atom stereocenters. The number of nitrogens with one attached hydrogen (secondary N) is 1. The molecule has 2 aromatic rings. The van der Waals surface area contributed by atoms with Crippen molar-refractivity contribution in [2.75, 3.05) is 5.32 Å². The van der Waals surface area contributed by atoms with Crippen LogP contribution in [0.3, 0.4) is 0 Å². The van der Waals surface area contributed by atoms with Crippen LogP contribution in [0.1, 0.15) is 12.5 Å². The average molecular weight is 306 g/mol. The van der Waals surface area contributed by atoms with Crippen molar-refractivity contribution in [2.24, 2.45) is 0 Å². The normalized spacial score (nSPS) is 12.0. The van der Waals surface area contributed by atoms with Crippen LogP contribution in [0.4, 0.5) is 10.1 Å². The lowest BCUT2D eigenvalue weighted by Crippen LogP contribution is -2.30. The first kappa shape index (κ1) is 15.3. The number of carbonyl (C=O) groups is 1. The van der Waals surface area contributed by atoms with Crippen LogP contribution in [0.25, 0.3) is 0 Å². The zero-order chi connectivity index (χ0) is 15.4. The predicted octanol–water partition coefficient (Wildman–Crippen LogP) is 2.89. The summed E-state index contributed by atoms with van der Waals surface area (Å²) in [7, 11) is 0. The molecule has 1 amide bonds. The number of aryl methyl sites for hydroxylation is 1. The zero-order valence-electron chi connectivity index (χ0n) is 11.7. The lowest BCUT2D eigenvalue weighted by atomic mass is 10.2. The fourth-order valence-electron chi connectivity index (χ4n) is 1.65. The summed E-state index contributed by atoms with van der Waals surface area (Å²) < 4.78 is 14.1. The molecule has 1 N–H and O–H groups in total. The fraction of sp³-hybridized carbons (Fsp3) is 0.200. The number of hydrogen-bond acceptors (Lipinski definition) is 3. The highest BCUT2D eigenvalue weighted by molar-refractivity contribution is 8.00. The Hall–Kier alpha value is -2.08. The van der Waals surface area contributed by atoms with Crippen molar-refractivity contribution in [2.45, 2.75) is 24.1 Å². The van der Waals surface area contributed by atoms with Crippen molar-refractivity contribution in [3.8, 4) is 0 Å². The maximum atomic E-state index is 13.4. The smallest absolute Gasteiger partial charge is 0.252 e. The van der Waals surface area contributed by atoms with Crippen LogP contribution in [-0.4, -0.2) is 11.2 Å². The van der Waals surface area contributed by atoms with E-state index < -0.39 is 5.25 Å². The summed E-state index contributed by atoms with van der Waals surface area (Å²) in [6, 6.07) is 9.52. The van der Waals surface area contributed by atoms with Crippen molar-refractivity contribution in [3.05, 3.63) is 59.2 Å². The molecule has 21 heavy (non-hydrogen) atoms. The highest BCUT2D eigenvalue weighted by Crippen LogP contribution is 2.21. The first-order valence-electron chi connectivity index (χ1n) is 6.39. The van der Waals surface area contributed by atoms with Gasteiger partial charge in [0.1, 0.15) is 5.82 Å². The van der Waals surface area contributed by atoms with E-state index in [-0.39, 0.29) is 11.7 Å². The molecular formula is C15H15FN2O2S. The van der Waals surface area contributed by atoms with Gasteiger partial charge >= 0.3 is 0 Å². The number of nitrogens with zero attached hydrogens (tertiary/aromatic N) is 1. The Balaban J connectivity index is 2.02. The van der Waals surface area contributed by atoms with Crippen LogP contribution in [-0.2, 0) is 4.79 Å². The van der Waals surface area contributed by atoms with Crippen LogP contribution < -0.4 is 10.0 Å². The van der Waals surface area contributed by atoms with E-state index in [0.717, 1.165) is 11.8 Å². The number of thioether (sulfide) groups is 1. The van der Waals surface area contributed by atoms with E-state index >= 15 is 0 Å². The SMILES string of the molecule is Cc1ccc(NC(=O)[C@@H](C)Sc2cccc[n+]2[O-])cc1F. The van der Waals surface area contributed by atoms with E-state index in [9.17, 15) is 14.4 Å². The molecule has 1 heterocycles. The van der Waals surface area contributed by atoms with Gasteiger partial charge < -0.3 is 10.5 Å². The molecule has 0 aliphatic heterocycles. The third kappa shape index (κ3) is 3.95. The molecule has 0 radical (unpaired) electrons. The topological polar surface area (TPSA) is 56.0 Å². The second-order valence-corrected chi connectivity index (χ2v) is 5.94. The van der Waals surface area contributed by atoms with Crippen molar-refractivity contribution < 1.29 is 13.9 Å². The third-order valence-corrected chi connectivity index (χ3v) is 4.02. The maximum absolute atomic E-state index is 13.4. The van der Waals surface area contributed by atoms with E-state index in [0.29, 0.717) is 21.0 Å². The number of halogens is 1. The Bertz CT molecular complexity index is 664. The molecule has 0 spiro atoms. The Morgan fingerprint density at radius 1 is 1.38 bits per heavy atom. The number of aromatic nitrogens is 1. The van der Waals surface area contributed by atoms with Crippen molar-refractivity contribution in [3.63, 3.8) is 0 Å². The van der Waals surface area contributed by atoms with Gasteiger partial charge in [0, 0.05) is 17.8 Å². The molecule has 0 aliphatic rings. The first-order valence-corrected chi connectivity index (χ1v) is 7.27. The van der Waals surface area contributed by atoms with Crippen molar-refractivity contribution >= 4 is 23.4 Å². The van der Waals surface area contributed by atoms with E-state index in [4.69, 9.17) is 0 Å². The largest absolute Gasteiger partial charge is 0.618 e. The van der Waals surface area contributed by atoms with Gasteiger partial charge in [-0.3, -0.25) is 4.79 Å². The molecule has 110 valence electrons. The number of amides is 1. The molecule has 0 bridgehead atoms. The molecule has 0 aliphatic carbocycles. The Labute approximate surface area is 126 Å². The fourth-order valence-corrected chi connectivity index (χ4v) is 2.50. The summed E-state index contributed by atoms with van der Waals surface area (Å²) in [4.78, 5) is 12.1. The minimum absolute atomic E-state index is 0.285. The molecule has 1 atom stereocenters. The number of rotatable bonds is 4. The standard InChI is InChI=1S/C15H15FN2O2S/c1-10-6-7-12(9-13(10)16)17-15(19)11(2)21-14-5-3-4-8-18(14)20/h3-9,11H,1-2H3,(H,17,19)/t11-/m1/s1. The highest BCUT2D eigenvalue weighted by Gasteiger charge is 2.18. The summed E-state index contributed by atoms with van der Waals surface area (Å²) in [5, 5.41) is 14.1. The Morgan fingerprint density at radius 3 is 2.81 bits per heavy atom. The molecule has 0 saturated carbocycles. The molecule has 0 saturated heterocycles. The third-order valence-electron chi connectivity index (χ3n) is 2.89. The number of carbonyl (C=O) groups excluding carboxylic acids is 1. The van der Waals surface area contributed by atoms with E-state index in [1.165, 1.54) is 12.3 Å². The van der Waals surface area contributed by atoms with E-state index in [1.807, 2.05) is 0 Å². The minimum Gasteiger partial charge on any atom is -0.618 e. The number of benzene rings is 1. The summed E-state index contributed by atoms with van der Waals surface area (Å²) in [5.41, 5.74) is 0.922. The van der Waals surface area contributed by atoms with Crippen LogP contribution in [0, 0.1) is 17.9 Å². The molecule has 2 rings (SSSR count). The monoisotopic (exact) mass is 306 g/mol. The van der Waals surface area contributed by atoms with Gasteiger partial charge in [0.25, 0.3) is 5.03 Å². The van der Waals surface area contributed by atoms with Crippen LogP contribution >= 0.6 is 11.8 Å². The van der Waals surface area contributed by atoms with Crippen LogP contribution in [0.5, 0.6) is 0 Å². The predicted molar refractivity (Wildman–Crippen MR) is 80.5 cm³/mol.